The van der Waals surface area contributed by atoms with Crippen LogP contribution >= 0.6 is 0 Å². The molecule has 2 unspecified atom stereocenters. The fourth-order valence-corrected chi connectivity index (χ4v) is 9.55. The lowest BCUT2D eigenvalue weighted by molar-refractivity contribution is 0.164. The Hall–Kier alpha value is -7.04. The second-order valence-electron chi connectivity index (χ2n) is 15.9. The van der Waals surface area contributed by atoms with E-state index in [1.165, 1.54) is 36.0 Å². The van der Waals surface area contributed by atoms with Crippen molar-refractivity contribution in [2.75, 3.05) is 4.90 Å². The van der Waals surface area contributed by atoms with E-state index in [9.17, 15) is 0 Å². The number of nitrogens with zero attached hydrogens (tertiary/aromatic N) is 1. The number of hydrogen-bond donors (Lipinski definition) is 0. The Bertz CT molecular complexity index is 3000. The van der Waals surface area contributed by atoms with Crippen molar-refractivity contribution in [2.45, 2.75) is 37.7 Å². The molecular formula is C54H39NO3. The number of hydrogen-bond acceptors (Lipinski definition) is 4. The summed E-state index contributed by atoms with van der Waals surface area (Å²) < 4.78 is 18.6. The second-order valence-corrected chi connectivity index (χ2v) is 15.9. The van der Waals surface area contributed by atoms with Crippen molar-refractivity contribution < 1.29 is 13.6 Å². The molecule has 2 aliphatic rings. The lowest BCUT2D eigenvalue weighted by Crippen LogP contribution is -2.22. The molecule has 8 aromatic carbocycles. The van der Waals surface area contributed by atoms with Gasteiger partial charge < -0.3 is 18.5 Å². The first-order valence-corrected chi connectivity index (χ1v) is 20.4. The van der Waals surface area contributed by atoms with Gasteiger partial charge in [0.15, 0.2) is 0 Å². The summed E-state index contributed by atoms with van der Waals surface area (Å²) in [5.41, 5.74) is 15.4. The number of para-hydroxylation sites is 2. The summed E-state index contributed by atoms with van der Waals surface area (Å²) in [6, 6.07) is 63.1. The van der Waals surface area contributed by atoms with E-state index in [-0.39, 0.29) is 0 Å². The highest BCUT2D eigenvalue weighted by Gasteiger charge is 2.36. The third kappa shape index (κ3) is 5.51. The Kier molecular flexibility index (Phi) is 7.59. The zero-order chi connectivity index (χ0) is 38.2. The van der Waals surface area contributed by atoms with Crippen LogP contribution in [0.5, 0.6) is 5.75 Å². The van der Waals surface area contributed by atoms with Crippen LogP contribution in [-0.4, -0.2) is 6.10 Å². The van der Waals surface area contributed by atoms with Crippen molar-refractivity contribution in [1.82, 2.24) is 0 Å². The molecule has 2 atom stereocenters. The Morgan fingerprint density at radius 3 is 1.34 bits per heavy atom. The summed E-state index contributed by atoms with van der Waals surface area (Å²) in [4.78, 5) is 2.35. The Labute approximate surface area is 336 Å². The van der Waals surface area contributed by atoms with Gasteiger partial charge in [-0.15, -0.1) is 0 Å². The number of ether oxygens (including phenoxy) is 1. The molecule has 0 spiro atoms. The topological polar surface area (TPSA) is 38.8 Å². The molecule has 0 amide bonds. The number of fused-ring (bicyclic) bond motifs is 9. The highest BCUT2D eigenvalue weighted by atomic mass is 16.5. The van der Waals surface area contributed by atoms with Crippen LogP contribution in [0.3, 0.4) is 0 Å². The van der Waals surface area contributed by atoms with Crippen LogP contribution in [0.2, 0.25) is 0 Å². The van der Waals surface area contributed by atoms with Gasteiger partial charge in [0.1, 0.15) is 34.2 Å². The molecule has 1 aliphatic heterocycles. The highest BCUT2D eigenvalue weighted by molar-refractivity contribution is 6.07. The van der Waals surface area contributed by atoms with Crippen molar-refractivity contribution >= 4 is 60.9 Å². The molecule has 10 aromatic rings. The zero-order valence-corrected chi connectivity index (χ0v) is 31.9. The zero-order valence-electron chi connectivity index (χ0n) is 31.9. The third-order valence-electron chi connectivity index (χ3n) is 12.5. The maximum Gasteiger partial charge on any atom is 0.135 e. The van der Waals surface area contributed by atoms with Gasteiger partial charge >= 0.3 is 0 Å². The fourth-order valence-electron chi connectivity index (χ4n) is 9.55. The molecule has 12 rings (SSSR count). The van der Waals surface area contributed by atoms with Crippen molar-refractivity contribution in [3.05, 3.63) is 181 Å². The Balaban J connectivity index is 0.905. The van der Waals surface area contributed by atoms with E-state index in [0.29, 0.717) is 12.0 Å². The molecule has 1 fully saturated rings. The van der Waals surface area contributed by atoms with Crippen LogP contribution in [0.1, 0.15) is 37.2 Å². The molecule has 4 nitrogen and oxygen atoms in total. The molecule has 0 bridgehead atoms. The van der Waals surface area contributed by atoms with Crippen LogP contribution in [-0.2, 0) is 0 Å². The van der Waals surface area contributed by atoms with E-state index in [0.717, 1.165) is 95.4 Å². The van der Waals surface area contributed by atoms with Gasteiger partial charge in [-0.3, -0.25) is 0 Å². The number of anilines is 3. The van der Waals surface area contributed by atoms with E-state index >= 15 is 0 Å². The third-order valence-corrected chi connectivity index (χ3v) is 12.5. The molecular weight excluding hydrogens is 711 g/mol. The van der Waals surface area contributed by atoms with E-state index in [1.54, 1.807) is 0 Å². The maximum absolute atomic E-state index is 6.37. The Morgan fingerprint density at radius 2 is 0.810 bits per heavy atom. The van der Waals surface area contributed by atoms with Gasteiger partial charge in [-0.2, -0.15) is 0 Å². The molecule has 58 heavy (non-hydrogen) atoms. The van der Waals surface area contributed by atoms with Gasteiger partial charge in [0, 0.05) is 50.1 Å². The van der Waals surface area contributed by atoms with E-state index in [1.807, 2.05) is 24.3 Å². The van der Waals surface area contributed by atoms with Crippen molar-refractivity contribution in [3.63, 3.8) is 0 Å². The molecule has 2 aromatic heterocycles. The first-order valence-electron chi connectivity index (χ1n) is 20.4. The lowest BCUT2D eigenvalue weighted by atomic mass is 9.82. The van der Waals surface area contributed by atoms with Gasteiger partial charge in [0.25, 0.3) is 0 Å². The predicted molar refractivity (Wildman–Crippen MR) is 238 cm³/mol. The van der Waals surface area contributed by atoms with Crippen LogP contribution in [0.25, 0.3) is 77.3 Å². The molecule has 3 heterocycles. The normalized spacial score (nSPS) is 16.1. The minimum atomic E-state index is 0.342. The number of furan rings is 2. The average molecular weight is 750 g/mol. The second kappa shape index (κ2) is 13.3. The summed E-state index contributed by atoms with van der Waals surface area (Å²) in [6.45, 7) is 0. The standard InChI is InChI=1S/C54H39NO3/c1-4-10-49-43(7-1)46-31-37(19-28-52(46)56-49)34-13-22-40(23-14-34)55(41-24-15-35(16-25-41)38-20-29-53-47(32-38)44-8-2-5-11-50(44)57-53)42-26-17-36(18-27-42)39-21-30-54-48(33-39)45-9-3-6-12-51(45)58-54/h1-2,4-5,7-8,10-11,13-33,45,51H,3,6,9,12H2. The molecule has 0 N–H and O–H groups in total. The van der Waals surface area contributed by atoms with Gasteiger partial charge in [0.05, 0.1) is 0 Å². The minimum Gasteiger partial charge on any atom is -0.489 e. The van der Waals surface area contributed by atoms with Gasteiger partial charge in [0.2, 0.25) is 0 Å². The minimum absolute atomic E-state index is 0.342. The van der Waals surface area contributed by atoms with E-state index < -0.39 is 0 Å². The van der Waals surface area contributed by atoms with Gasteiger partial charge in [-0.05, 0) is 138 Å². The van der Waals surface area contributed by atoms with Gasteiger partial charge in [-0.25, -0.2) is 0 Å². The summed E-state index contributed by atoms with van der Waals surface area (Å²) in [5.74, 6) is 1.60. The van der Waals surface area contributed by atoms with Crippen molar-refractivity contribution in [1.29, 1.82) is 0 Å². The first-order chi connectivity index (χ1) is 28.7. The molecule has 1 aliphatic carbocycles. The van der Waals surface area contributed by atoms with Crippen molar-refractivity contribution in [3.8, 4) is 39.1 Å². The summed E-state index contributed by atoms with van der Waals surface area (Å²) in [6.07, 6.45) is 5.27. The lowest BCUT2D eigenvalue weighted by Gasteiger charge is -2.26. The fraction of sp³-hybridized carbons (Fsp3) is 0.111. The van der Waals surface area contributed by atoms with Crippen LogP contribution in [0.15, 0.2) is 185 Å². The quantitative estimate of drug-likeness (QED) is 0.170. The largest absolute Gasteiger partial charge is 0.489 e. The van der Waals surface area contributed by atoms with Crippen molar-refractivity contribution in [2.24, 2.45) is 0 Å². The summed E-state index contributed by atoms with van der Waals surface area (Å²) >= 11 is 0. The molecule has 1 saturated carbocycles. The number of benzene rings is 8. The van der Waals surface area contributed by atoms with Crippen LogP contribution in [0, 0.1) is 0 Å². The first kappa shape index (κ1) is 33.1. The molecule has 0 radical (unpaired) electrons. The highest BCUT2D eigenvalue weighted by Crippen LogP contribution is 2.47. The SMILES string of the molecule is c1ccc2c(c1)oc1ccc(-c3ccc(N(c4ccc(-c5ccc6c(c5)C5CCCCC5O6)cc4)c4ccc(-c5ccc6oc7ccccc7c6c5)cc4)cc3)cc12. The maximum atomic E-state index is 6.37. The van der Waals surface area contributed by atoms with Crippen LogP contribution < -0.4 is 9.64 Å². The smallest absolute Gasteiger partial charge is 0.135 e. The summed E-state index contributed by atoms with van der Waals surface area (Å²) in [5, 5.41) is 4.54. The Morgan fingerprint density at radius 1 is 0.379 bits per heavy atom. The van der Waals surface area contributed by atoms with Crippen LogP contribution in [0.4, 0.5) is 17.1 Å². The predicted octanol–water partition coefficient (Wildman–Crippen LogP) is 15.4. The van der Waals surface area contributed by atoms with E-state index in [4.69, 9.17) is 13.6 Å². The molecule has 278 valence electrons. The average Bonchev–Trinajstić information content (AvgIpc) is 3.98. The van der Waals surface area contributed by atoms with E-state index in [2.05, 4.69) is 157 Å². The summed E-state index contributed by atoms with van der Waals surface area (Å²) in [7, 11) is 0. The monoisotopic (exact) mass is 749 g/mol. The molecule has 0 saturated heterocycles. The molecule has 4 heteroatoms. The van der Waals surface area contributed by atoms with Gasteiger partial charge in [-0.1, -0.05) is 97.4 Å². The number of rotatable bonds is 6.